The summed E-state index contributed by atoms with van der Waals surface area (Å²) in [5, 5.41) is 0. The number of aryl methyl sites for hydroxylation is 1. The van der Waals surface area contributed by atoms with E-state index in [1.54, 1.807) is 6.33 Å². The minimum atomic E-state index is 0.378. The average Bonchev–Trinajstić information content (AvgIpc) is 2.60. The number of nitrogens with two attached hydrogens (primary N) is 1. The van der Waals surface area contributed by atoms with Crippen molar-refractivity contribution in [1.29, 1.82) is 0 Å². The van der Waals surface area contributed by atoms with Crippen LogP contribution in [-0.2, 0) is 0 Å². The van der Waals surface area contributed by atoms with Crippen molar-refractivity contribution in [2.45, 2.75) is 33.2 Å². The third-order valence-electron chi connectivity index (χ3n) is 2.63. The van der Waals surface area contributed by atoms with Gasteiger partial charge in [-0.25, -0.2) is 15.0 Å². The van der Waals surface area contributed by atoms with E-state index in [1.165, 1.54) is 0 Å². The molecule has 2 heterocycles. The summed E-state index contributed by atoms with van der Waals surface area (Å²) in [6.45, 7) is 6.10. The van der Waals surface area contributed by atoms with Crippen LogP contribution in [-0.4, -0.2) is 19.5 Å². The monoisotopic (exact) mass is 205 g/mol. The number of hydrogen-bond donors (Lipinski definition) is 1. The van der Waals surface area contributed by atoms with E-state index in [0.717, 1.165) is 12.1 Å². The van der Waals surface area contributed by atoms with Crippen molar-refractivity contribution >= 4 is 17.0 Å². The fourth-order valence-corrected chi connectivity index (χ4v) is 1.57. The summed E-state index contributed by atoms with van der Waals surface area (Å²) in [7, 11) is 0. The molecule has 0 spiro atoms. The second-order valence-electron chi connectivity index (χ2n) is 3.74. The van der Waals surface area contributed by atoms with Gasteiger partial charge in [0.1, 0.15) is 11.3 Å². The number of aromatic nitrogens is 4. The highest BCUT2D eigenvalue weighted by molar-refractivity contribution is 5.81. The third kappa shape index (κ3) is 1.54. The van der Waals surface area contributed by atoms with E-state index in [4.69, 9.17) is 5.73 Å². The second kappa shape index (κ2) is 3.49. The van der Waals surface area contributed by atoms with Gasteiger partial charge in [-0.15, -0.1) is 0 Å². The summed E-state index contributed by atoms with van der Waals surface area (Å²) in [4.78, 5) is 12.7. The molecule has 0 unspecified atom stereocenters. The fourth-order valence-electron chi connectivity index (χ4n) is 1.57. The lowest BCUT2D eigenvalue weighted by molar-refractivity contribution is 0.540. The molecule has 0 aliphatic heterocycles. The lowest BCUT2D eigenvalue weighted by Crippen LogP contribution is -2.05. The molecule has 5 heteroatoms. The van der Waals surface area contributed by atoms with Crippen LogP contribution in [0.3, 0.4) is 0 Å². The number of nitrogen functional groups attached to an aromatic ring is 1. The van der Waals surface area contributed by atoms with Crippen molar-refractivity contribution in [3.05, 3.63) is 12.2 Å². The van der Waals surface area contributed by atoms with Crippen LogP contribution >= 0.6 is 0 Å². The molecule has 1 atom stereocenters. The Balaban J connectivity index is 2.68. The molecule has 0 saturated heterocycles. The Kier molecular flexibility index (Phi) is 2.30. The molecule has 15 heavy (non-hydrogen) atoms. The SMILES string of the molecule is CC[C@@H](C)n1cnc2c(N)nc(C)nc21. The Bertz CT molecular complexity index is 488. The number of fused-ring (bicyclic) bond motifs is 1. The zero-order valence-corrected chi connectivity index (χ0v) is 9.23. The number of nitrogens with zero attached hydrogens (tertiary/aromatic N) is 4. The van der Waals surface area contributed by atoms with Crippen molar-refractivity contribution in [2.75, 3.05) is 5.73 Å². The molecule has 0 amide bonds. The first-order valence-electron chi connectivity index (χ1n) is 5.10. The van der Waals surface area contributed by atoms with E-state index >= 15 is 0 Å². The maximum absolute atomic E-state index is 5.79. The van der Waals surface area contributed by atoms with Crippen molar-refractivity contribution in [1.82, 2.24) is 19.5 Å². The van der Waals surface area contributed by atoms with Gasteiger partial charge in [-0.1, -0.05) is 6.92 Å². The first kappa shape index (κ1) is 9.89. The molecular weight excluding hydrogens is 190 g/mol. The third-order valence-corrected chi connectivity index (χ3v) is 2.63. The average molecular weight is 205 g/mol. The van der Waals surface area contributed by atoms with Gasteiger partial charge in [0.2, 0.25) is 0 Å². The Morgan fingerprint density at radius 2 is 2.20 bits per heavy atom. The molecule has 5 nitrogen and oxygen atoms in total. The molecule has 0 radical (unpaired) electrons. The standard InChI is InChI=1S/C10H15N5/c1-4-6(2)15-5-12-8-9(11)13-7(3)14-10(8)15/h5-6H,4H2,1-3H3,(H2,11,13,14)/t6-/m1/s1. The lowest BCUT2D eigenvalue weighted by Gasteiger charge is -2.10. The van der Waals surface area contributed by atoms with Crippen LogP contribution in [0.2, 0.25) is 0 Å². The summed E-state index contributed by atoms with van der Waals surface area (Å²) >= 11 is 0. The number of anilines is 1. The summed E-state index contributed by atoms with van der Waals surface area (Å²) in [6, 6.07) is 0.378. The van der Waals surface area contributed by atoms with E-state index < -0.39 is 0 Å². The zero-order valence-electron chi connectivity index (χ0n) is 9.23. The minimum absolute atomic E-state index is 0.378. The maximum Gasteiger partial charge on any atom is 0.165 e. The summed E-state index contributed by atoms with van der Waals surface area (Å²) < 4.78 is 2.04. The Labute approximate surface area is 88.4 Å². The molecule has 80 valence electrons. The summed E-state index contributed by atoms with van der Waals surface area (Å²) in [5.74, 6) is 1.14. The van der Waals surface area contributed by atoms with Crippen LogP contribution in [0.5, 0.6) is 0 Å². The highest BCUT2D eigenvalue weighted by atomic mass is 15.1. The summed E-state index contributed by atoms with van der Waals surface area (Å²) in [5.41, 5.74) is 7.31. The van der Waals surface area contributed by atoms with E-state index in [2.05, 4.69) is 28.8 Å². The molecule has 0 aliphatic rings. The Morgan fingerprint density at radius 3 is 2.87 bits per heavy atom. The van der Waals surface area contributed by atoms with E-state index in [0.29, 0.717) is 23.2 Å². The summed E-state index contributed by atoms with van der Waals surface area (Å²) in [6.07, 6.45) is 2.82. The topological polar surface area (TPSA) is 69.6 Å². The van der Waals surface area contributed by atoms with E-state index in [9.17, 15) is 0 Å². The molecule has 0 bridgehead atoms. The van der Waals surface area contributed by atoms with Crippen LogP contribution in [0.4, 0.5) is 5.82 Å². The van der Waals surface area contributed by atoms with Gasteiger partial charge in [0, 0.05) is 6.04 Å². The van der Waals surface area contributed by atoms with Gasteiger partial charge in [0.05, 0.1) is 6.33 Å². The van der Waals surface area contributed by atoms with Crippen molar-refractivity contribution in [3.63, 3.8) is 0 Å². The van der Waals surface area contributed by atoms with E-state index in [1.807, 2.05) is 11.5 Å². The van der Waals surface area contributed by atoms with Crippen molar-refractivity contribution < 1.29 is 0 Å². The van der Waals surface area contributed by atoms with Crippen LogP contribution in [0.1, 0.15) is 32.1 Å². The Hall–Kier alpha value is -1.65. The predicted molar refractivity (Wildman–Crippen MR) is 59.5 cm³/mol. The quantitative estimate of drug-likeness (QED) is 0.809. The van der Waals surface area contributed by atoms with Crippen LogP contribution in [0.15, 0.2) is 6.33 Å². The van der Waals surface area contributed by atoms with E-state index in [-0.39, 0.29) is 0 Å². The Morgan fingerprint density at radius 1 is 1.47 bits per heavy atom. The molecule has 0 saturated carbocycles. The molecule has 0 aliphatic carbocycles. The normalized spacial score (nSPS) is 13.3. The zero-order chi connectivity index (χ0) is 11.0. The van der Waals surface area contributed by atoms with Crippen molar-refractivity contribution in [2.24, 2.45) is 0 Å². The van der Waals surface area contributed by atoms with Crippen LogP contribution < -0.4 is 5.73 Å². The van der Waals surface area contributed by atoms with Crippen LogP contribution in [0, 0.1) is 6.92 Å². The van der Waals surface area contributed by atoms with Gasteiger partial charge < -0.3 is 10.3 Å². The minimum Gasteiger partial charge on any atom is -0.382 e. The number of hydrogen-bond acceptors (Lipinski definition) is 4. The maximum atomic E-state index is 5.79. The van der Waals surface area contributed by atoms with Gasteiger partial charge in [0.25, 0.3) is 0 Å². The smallest absolute Gasteiger partial charge is 0.165 e. The molecule has 2 aromatic rings. The molecule has 2 rings (SSSR count). The van der Waals surface area contributed by atoms with Crippen molar-refractivity contribution in [3.8, 4) is 0 Å². The highest BCUT2D eigenvalue weighted by Gasteiger charge is 2.12. The first-order valence-corrected chi connectivity index (χ1v) is 5.10. The van der Waals surface area contributed by atoms with Gasteiger partial charge in [-0.2, -0.15) is 0 Å². The van der Waals surface area contributed by atoms with Gasteiger partial charge in [-0.05, 0) is 20.3 Å². The molecule has 2 N–H and O–H groups in total. The molecular formula is C10H15N5. The molecule has 0 aromatic carbocycles. The number of rotatable bonds is 2. The van der Waals surface area contributed by atoms with Crippen LogP contribution in [0.25, 0.3) is 11.2 Å². The second-order valence-corrected chi connectivity index (χ2v) is 3.74. The lowest BCUT2D eigenvalue weighted by atomic mass is 10.2. The largest absolute Gasteiger partial charge is 0.382 e. The molecule has 2 aromatic heterocycles. The van der Waals surface area contributed by atoms with Gasteiger partial charge >= 0.3 is 0 Å². The van der Waals surface area contributed by atoms with Gasteiger partial charge in [0.15, 0.2) is 11.5 Å². The van der Waals surface area contributed by atoms with Gasteiger partial charge in [-0.3, -0.25) is 0 Å². The number of imidazole rings is 1. The highest BCUT2D eigenvalue weighted by Crippen LogP contribution is 2.20. The molecule has 0 fully saturated rings. The first-order chi connectivity index (χ1) is 7.13. The predicted octanol–water partition coefficient (Wildman–Crippen LogP) is 1.69. The fraction of sp³-hybridized carbons (Fsp3) is 0.500.